The van der Waals surface area contributed by atoms with E-state index in [2.05, 4.69) is 78.5 Å². The van der Waals surface area contributed by atoms with Crippen LogP contribution >= 0.6 is 0 Å². The molecule has 0 aliphatic carbocycles. The van der Waals surface area contributed by atoms with E-state index in [1.165, 1.54) is 22.4 Å². The molecule has 2 aliphatic heterocycles. The molecule has 31 heavy (non-hydrogen) atoms. The first-order valence-corrected chi connectivity index (χ1v) is 11.0. The predicted molar refractivity (Wildman–Crippen MR) is 126 cm³/mol. The summed E-state index contributed by atoms with van der Waals surface area (Å²) in [6.07, 6.45) is 0.879. The number of rotatable bonds is 5. The van der Waals surface area contributed by atoms with Gasteiger partial charge in [0, 0.05) is 38.6 Å². The van der Waals surface area contributed by atoms with Crippen molar-refractivity contribution in [1.82, 2.24) is 4.90 Å². The smallest absolute Gasteiger partial charge is 0.239 e. The summed E-state index contributed by atoms with van der Waals surface area (Å²) in [5.41, 5.74) is 5.52. The predicted octanol–water partition coefficient (Wildman–Crippen LogP) is 4.44. The van der Waals surface area contributed by atoms with Crippen molar-refractivity contribution in [3.8, 4) is 0 Å². The average molecular weight is 412 g/mol. The molecule has 4 heteroatoms. The molecule has 1 amide bonds. The van der Waals surface area contributed by atoms with E-state index in [1.807, 2.05) is 29.2 Å². The number of nitrogens with zero attached hydrogens (tertiary/aromatic N) is 3. The zero-order chi connectivity index (χ0) is 21.4. The van der Waals surface area contributed by atoms with Crippen molar-refractivity contribution in [3.63, 3.8) is 0 Å². The molecular weight excluding hydrogens is 382 g/mol. The highest BCUT2D eigenvalue weighted by Crippen LogP contribution is 2.48. The molecule has 1 atom stereocenters. The number of benzene rings is 3. The molecule has 0 N–H and O–H groups in total. The standard InChI is InChI=1S/C27H29N3O/c1-28(2)23-14-12-22(13-15-23)18-29-17-16-27(20-29)24-10-6-7-11-25(24)30(26(27)31)19-21-8-4-3-5-9-21/h3-15H,16-20H2,1-2H3. The van der Waals surface area contributed by atoms with Gasteiger partial charge in [-0.1, -0.05) is 60.7 Å². The summed E-state index contributed by atoms with van der Waals surface area (Å²) in [6.45, 7) is 3.23. The Morgan fingerprint density at radius 1 is 0.839 bits per heavy atom. The Kier molecular flexibility index (Phi) is 5.03. The monoisotopic (exact) mass is 411 g/mol. The minimum absolute atomic E-state index is 0.253. The highest BCUT2D eigenvalue weighted by Gasteiger charge is 2.54. The summed E-state index contributed by atoms with van der Waals surface area (Å²) in [4.78, 5) is 20.4. The molecule has 1 spiro atoms. The van der Waals surface area contributed by atoms with Crippen LogP contribution in [0.4, 0.5) is 11.4 Å². The van der Waals surface area contributed by atoms with Gasteiger partial charge in [0.05, 0.1) is 12.0 Å². The van der Waals surface area contributed by atoms with Gasteiger partial charge in [-0.3, -0.25) is 9.69 Å². The molecule has 0 aromatic heterocycles. The Morgan fingerprint density at radius 2 is 1.52 bits per heavy atom. The lowest BCUT2D eigenvalue weighted by molar-refractivity contribution is -0.123. The van der Waals surface area contributed by atoms with Crippen molar-refractivity contribution < 1.29 is 4.79 Å². The molecule has 2 aliphatic rings. The zero-order valence-corrected chi connectivity index (χ0v) is 18.3. The third kappa shape index (κ3) is 3.51. The fourth-order valence-electron chi connectivity index (χ4n) is 5.10. The van der Waals surface area contributed by atoms with Crippen molar-refractivity contribution in [2.75, 3.05) is 37.0 Å². The van der Waals surface area contributed by atoms with Gasteiger partial charge in [-0.05, 0) is 47.9 Å². The van der Waals surface area contributed by atoms with E-state index < -0.39 is 5.41 Å². The van der Waals surface area contributed by atoms with Crippen molar-refractivity contribution in [1.29, 1.82) is 0 Å². The minimum atomic E-state index is -0.422. The fraction of sp³-hybridized carbons (Fsp3) is 0.296. The molecule has 158 valence electrons. The second-order valence-corrected chi connectivity index (χ2v) is 9.00. The normalized spacial score (nSPS) is 20.5. The van der Waals surface area contributed by atoms with E-state index in [0.717, 1.165) is 31.7 Å². The molecule has 1 unspecified atom stereocenters. The van der Waals surface area contributed by atoms with E-state index in [4.69, 9.17) is 0 Å². The van der Waals surface area contributed by atoms with Crippen LogP contribution < -0.4 is 9.80 Å². The molecule has 3 aromatic carbocycles. The Bertz CT molecular complexity index is 1080. The van der Waals surface area contributed by atoms with Crippen molar-refractivity contribution in [3.05, 3.63) is 95.6 Å². The van der Waals surface area contributed by atoms with Gasteiger partial charge in [-0.25, -0.2) is 0 Å². The molecule has 0 radical (unpaired) electrons. The van der Waals surface area contributed by atoms with Crippen molar-refractivity contribution in [2.24, 2.45) is 0 Å². The van der Waals surface area contributed by atoms with Crippen molar-refractivity contribution >= 4 is 17.3 Å². The van der Waals surface area contributed by atoms with Gasteiger partial charge in [-0.15, -0.1) is 0 Å². The van der Waals surface area contributed by atoms with Crippen LogP contribution in [0.1, 0.15) is 23.1 Å². The van der Waals surface area contributed by atoms with E-state index in [1.54, 1.807) is 0 Å². The number of hydrogen-bond acceptors (Lipinski definition) is 3. The Morgan fingerprint density at radius 3 is 2.26 bits per heavy atom. The zero-order valence-electron chi connectivity index (χ0n) is 18.3. The van der Waals surface area contributed by atoms with E-state index in [-0.39, 0.29) is 5.91 Å². The number of para-hydroxylation sites is 1. The lowest BCUT2D eigenvalue weighted by Crippen LogP contribution is -2.42. The number of hydrogen-bond donors (Lipinski definition) is 0. The second kappa shape index (κ2) is 7.86. The Balaban J connectivity index is 1.38. The topological polar surface area (TPSA) is 26.8 Å². The largest absolute Gasteiger partial charge is 0.378 e. The number of anilines is 2. The van der Waals surface area contributed by atoms with Gasteiger partial charge in [-0.2, -0.15) is 0 Å². The van der Waals surface area contributed by atoms with E-state index >= 15 is 0 Å². The summed E-state index contributed by atoms with van der Waals surface area (Å²) in [7, 11) is 4.12. The number of carbonyl (C=O) groups is 1. The Labute approximate surface area is 184 Å². The maximum atomic E-state index is 13.8. The molecule has 4 nitrogen and oxygen atoms in total. The van der Waals surface area contributed by atoms with Crippen LogP contribution in [0.2, 0.25) is 0 Å². The summed E-state index contributed by atoms with van der Waals surface area (Å²) >= 11 is 0. The second-order valence-electron chi connectivity index (χ2n) is 9.00. The highest BCUT2D eigenvalue weighted by molar-refractivity contribution is 6.08. The molecule has 2 heterocycles. The van der Waals surface area contributed by atoms with Crippen LogP contribution in [0.25, 0.3) is 0 Å². The van der Waals surface area contributed by atoms with Crippen molar-refractivity contribution in [2.45, 2.75) is 24.9 Å². The van der Waals surface area contributed by atoms with E-state index in [9.17, 15) is 4.79 Å². The first-order valence-electron chi connectivity index (χ1n) is 11.0. The van der Waals surface area contributed by atoms with Gasteiger partial charge in [0.15, 0.2) is 0 Å². The van der Waals surface area contributed by atoms with Crippen LogP contribution in [-0.2, 0) is 23.3 Å². The number of fused-ring (bicyclic) bond motifs is 2. The number of amides is 1. The lowest BCUT2D eigenvalue weighted by Gasteiger charge is -2.25. The highest BCUT2D eigenvalue weighted by atomic mass is 16.2. The van der Waals surface area contributed by atoms with E-state index in [0.29, 0.717) is 6.54 Å². The van der Waals surface area contributed by atoms with Gasteiger partial charge >= 0.3 is 0 Å². The SMILES string of the molecule is CN(C)c1ccc(CN2CCC3(C2)C(=O)N(Cc2ccccc2)c2ccccc23)cc1. The number of carbonyl (C=O) groups excluding carboxylic acids is 1. The molecule has 1 saturated heterocycles. The lowest BCUT2D eigenvalue weighted by atomic mass is 9.81. The first kappa shape index (κ1) is 19.8. The maximum absolute atomic E-state index is 13.8. The quantitative estimate of drug-likeness (QED) is 0.621. The maximum Gasteiger partial charge on any atom is 0.239 e. The van der Waals surface area contributed by atoms with Crippen LogP contribution in [0.3, 0.4) is 0 Å². The molecule has 5 rings (SSSR count). The first-order chi connectivity index (χ1) is 15.1. The Hall–Kier alpha value is -3.11. The third-order valence-corrected chi connectivity index (χ3v) is 6.76. The number of likely N-dealkylation sites (tertiary alicyclic amines) is 1. The molecule has 0 saturated carbocycles. The summed E-state index contributed by atoms with van der Waals surface area (Å²) in [5, 5.41) is 0. The molecule has 0 bridgehead atoms. The van der Waals surface area contributed by atoms with Crippen LogP contribution in [0.15, 0.2) is 78.9 Å². The van der Waals surface area contributed by atoms with Crippen LogP contribution in [0, 0.1) is 0 Å². The van der Waals surface area contributed by atoms with Gasteiger partial charge < -0.3 is 9.80 Å². The minimum Gasteiger partial charge on any atom is -0.378 e. The third-order valence-electron chi connectivity index (χ3n) is 6.76. The van der Waals surface area contributed by atoms with Gasteiger partial charge in [0.2, 0.25) is 5.91 Å². The van der Waals surface area contributed by atoms with Crippen LogP contribution in [0.5, 0.6) is 0 Å². The molecular formula is C27H29N3O. The molecule has 3 aromatic rings. The van der Waals surface area contributed by atoms with Gasteiger partial charge in [0.1, 0.15) is 0 Å². The fourth-order valence-corrected chi connectivity index (χ4v) is 5.10. The summed E-state index contributed by atoms with van der Waals surface area (Å²) < 4.78 is 0. The summed E-state index contributed by atoms with van der Waals surface area (Å²) in [6, 6.07) is 27.4. The molecule has 1 fully saturated rings. The summed E-state index contributed by atoms with van der Waals surface area (Å²) in [5.74, 6) is 0.253. The van der Waals surface area contributed by atoms with Crippen LogP contribution in [-0.4, -0.2) is 38.0 Å². The van der Waals surface area contributed by atoms with Gasteiger partial charge in [0.25, 0.3) is 0 Å². The average Bonchev–Trinajstić information content (AvgIpc) is 3.31.